The van der Waals surface area contributed by atoms with Crippen LogP contribution in [0.1, 0.15) is 21.5 Å². The second-order valence-corrected chi connectivity index (χ2v) is 8.25. The Bertz CT molecular complexity index is 1480. The lowest BCUT2D eigenvalue weighted by Crippen LogP contribution is -2.44. The van der Waals surface area contributed by atoms with Crippen molar-refractivity contribution in [3.63, 3.8) is 0 Å². The Morgan fingerprint density at radius 2 is 1.78 bits per heavy atom. The molecule has 0 saturated heterocycles. The molecule has 3 amide bonds. The summed E-state index contributed by atoms with van der Waals surface area (Å²) in [6, 6.07) is 19.3. The SMILES string of the molecule is NC(=O)c1ccc(NC(=O)[C@H](Cc2ccccc2)NC(=O)C#Cc2cc(Cl)ccc2-n2cnnn2)cc1. The van der Waals surface area contributed by atoms with Crippen molar-refractivity contribution in [1.82, 2.24) is 25.5 Å². The van der Waals surface area contributed by atoms with E-state index in [2.05, 4.69) is 38.0 Å². The largest absolute Gasteiger partial charge is 0.366 e. The summed E-state index contributed by atoms with van der Waals surface area (Å²) >= 11 is 6.11. The van der Waals surface area contributed by atoms with Crippen molar-refractivity contribution in [2.45, 2.75) is 12.5 Å². The van der Waals surface area contributed by atoms with E-state index in [9.17, 15) is 14.4 Å². The smallest absolute Gasteiger partial charge is 0.296 e. The van der Waals surface area contributed by atoms with E-state index in [4.69, 9.17) is 17.3 Å². The molecule has 4 N–H and O–H groups in total. The molecular formula is C26H20ClN7O3. The first-order valence-corrected chi connectivity index (χ1v) is 11.4. The molecule has 0 spiro atoms. The van der Waals surface area contributed by atoms with Crippen LogP contribution in [-0.2, 0) is 16.0 Å². The van der Waals surface area contributed by atoms with Gasteiger partial charge < -0.3 is 16.4 Å². The summed E-state index contributed by atoms with van der Waals surface area (Å²) in [4.78, 5) is 37.2. The molecule has 0 radical (unpaired) electrons. The third-order valence-corrected chi connectivity index (χ3v) is 5.44. The van der Waals surface area contributed by atoms with Crippen LogP contribution >= 0.6 is 11.6 Å². The minimum Gasteiger partial charge on any atom is -0.366 e. The van der Waals surface area contributed by atoms with E-state index in [0.717, 1.165) is 5.56 Å². The summed E-state index contributed by atoms with van der Waals surface area (Å²) < 4.78 is 1.40. The van der Waals surface area contributed by atoms with Gasteiger partial charge in [-0.15, -0.1) is 5.10 Å². The molecule has 184 valence electrons. The lowest BCUT2D eigenvalue weighted by molar-refractivity contribution is -0.123. The molecule has 0 unspecified atom stereocenters. The minimum atomic E-state index is -0.932. The van der Waals surface area contributed by atoms with Gasteiger partial charge in [0.15, 0.2) is 0 Å². The molecule has 10 nitrogen and oxygen atoms in total. The van der Waals surface area contributed by atoms with Crippen molar-refractivity contribution in [3.05, 3.63) is 101 Å². The first-order chi connectivity index (χ1) is 17.9. The summed E-state index contributed by atoms with van der Waals surface area (Å²) in [5.74, 6) is 3.59. The Balaban J connectivity index is 1.54. The van der Waals surface area contributed by atoms with E-state index >= 15 is 0 Å². The molecule has 1 aromatic heterocycles. The maximum atomic E-state index is 13.1. The molecule has 37 heavy (non-hydrogen) atoms. The number of nitrogens with zero attached hydrogens (tertiary/aromatic N) is 4. The summed E-state index contributed by atoms with van der Waals surface area (Å²) in [5, 5.41) is 16.9. The molecule has 1 atom stereocenters. The van der Waals surface area contributed by atoms with Crippen molar-refractivity contribution in [1.29, 1.82) is 0 Å². The number of aromatic nitrogens is 4. The Hall–Kier alpha value is -5.01. The highest BCUT2D eigenvalue weighted by Crippen LogP contribution is 2.18. The van der Waals surface area contributed by atoms with E-state index in [1.807, 2.05) is 30.3 Å². The van der Waals surface area contributed by atoms with Crippen LogP contribution in [-0.4, -0.2) is 44.0 Å². The van der Waals surface area contributed by atoms with Gasteiger partial charge in [0, 0.05) is 28.6 Å². The fraction of sp³-hybridized carbons (Fsp3) is 0.0769. The molecule has 0 aliphatic heterocycles. The van der Waals surface area contributed by atoms with Crippen molar-refractivity contribution >= 4 is 35.0 Å². The maximum Gasteiger partial charge on any atom is 0.296 e. The van der Waals surface area contributed by atoms with Gasteiger partial charge >= 0.3 is 0 Å². The van der Waals surface area contributed by atoms with Gasteiger partial charge in [0.25, 0.3) is 5.91 Å². The number of halogens is 1. The number of anilines is 1. The summed E-state index contributed by atoms with van der Waals surface area (Å²) in [7, 11) is 0. The molecule has 0 aliphatic rings. The number of tetrazole rings is 1. The van der Waals surface area contributed by atoms with E-state index in [0.29, 0.717) is 27.5 Å². The molecule has 4 rings (SSSR count). The molecule has 4 aromatic rings. The van der Waals surface area contributed by atoms with Crippen molar-refractivity contribution in [3.8, 4) is 17.5 Å². The summed E-state index contributed by atoms with van der Waals surface area (Å²) in [5.41, 5.74) is 7.82. The molecule has 0 fully saturated rings. The first kappa shape index (κ1) is 25.1. The van der Waals surface area contributed by atoms with E-state index in [-0.39, 0.29) is 6.42 Å². The molecule has 0 aliphatic carbocycles. The lowest BCUT2D eigenvalue weighted by Gasteiger charge is -2.17. The molecule has 1 heterocycles. The van der Waals surface area contributed by atoms with Crippen molar-refractivity contribution in [2.75, 3.05) is 5.32 Å². The van der Waals surface area contributed by atoms with E-state index in [1.54, 1.807) is 30.3 Å². The van der Waals surface area contributed by atoms with Crippen LogP contribution in [0, 0.1) is 11.8 Å². The normalized spacial score (nSPS) is 11.1. The van der Waals surface area contributed by atoms with Gasteiger partial charge in [0.2, 0.25) is 11.8 Å². The number of rotatable bonds is 7. The number of carbonyl (C=O) groups excluding carboxylic acids is 3. The predicted molar refractivity (Wildman–Crippen MR) is 137 cm³/mol. The monoisotopic (exact) mass is 513 g/mol. The standard InChI is InChI=1S/C26H20ClN7O3/c27-20-9-12-23(34-16-29-32-33-34)19(15-20)8-13-24(35)31-22(14-17-4-2-1-3-5-17)26(37)30-21-10-6-18(7-11-21)25(28)36/h1-7,9-12,15-16,22H,14H2,(H2,28,36)(H,30,37)(H,31,35)/t22-/m0/s1. The van der Waals surface area contributed by atoms with Crippen LogP contribution < -0.4 is 16.4 Å². The molecule has 3 aromatic carbocycles. The highest BCUT2D eigenvalue weighted by Gasteiger charge is 2.21. The maximum absolute atomic E-state index is 13.1. The van der Waals surface area contributed by atoms with Gasteiger partial charge in [-0.3, -0.25) is 14.4 Å². The van der Waals surface area contributed by atoms with Gasteiger partial charge in [-0.1, -0.05) is 47.9 Å². The fourth-order valence-electron chi connectivity index (χ4n) is 3.40. The number of benzene rings is 3. The second-order valence-electron chi connectivity index (χ2n) is 7.81. The number of carbonyl (C=O) groups is 3. The third-order valence-electron chi connectivity index (χ3n) is 5.21. The van der Waals surface area contributed by atoms with Crippen LogP contribution in [0.3, 0.4) is 0 Å². The van der Waals surface area contributed by atoms with E-state index in [1.165, 1.54) is 23.1 Å². The van der Waals surface area contributed by atoms with Gasteiger partial charge in [-0.05, 0) is 58.5 Å². The molecule has 0 saturated carbocycles. The Morgan fingerprint density at radius 3 is 2.46 bits per heavy atom. The average Bonchev–Trinajstić information content (AvgIpc) is 3.43. The zero-order valence-corrected chi connectivity index (χ0v) is 20.0. The summed E-state index contributed by atoms with van der Waals surface area (Å²) in [6.45, 7) is 0. The van der Waals surface area contributed by atoms with Crippen LogP contribution in [0.5, 0.6) is 0 Å². The zero-order chi connectivity index (χ0) is 26.2. The number of hydrogen-bond acceptors (Lipinski definition) is 6. The fourth-order valence-corrected chi connectivity index (χ4v) is 3.58. The highest BCUT2D eigenvalue weighted by atomic mass is 35.5. The number of hydrogen-bond donors (Lipinski definition) is 3. The third kappa shape index (κ3) is 6.78. The predicted octanol–water partition coefficient (Wildman–Crippen LogP) is 2.13. The van der Waals surface area contributed by atoms with Gasteiger partial charge in [0.1, 0.15) is 12.4 Å². The number of amides is 3. The highest BCUT2D eigenvalue weighted by molar-refractivity contribution is 6.30. The Kier molecular flexibility index (Phi) is 7.88. The van der Waals surface area contributed by atoms with Crippen LogP contribution in [0.4, 0.5) is 5.69 Å². The van der Waals surface area contributed by atoms with Crippen molar-refractivity contribution < 1.29 is 14.4 Å². The average molecular weight is 514 g/mol. The summed E-state index contributed by atoms with van der Waals surface area (Å²) in [6.07, 6.45) is 1.62. The van der Waals surface area contributed by atoms with Crippen LogP contribution in [0.15, 0.2) is 79.1 Å². The van der Waals surface area contributed by atoms with Gasteiger partial charge in [-0.2, -0.15) is 4.68 Å². The molecular weight excluding hydrogens is 494 g/mol. The van der Waals surface area contributed by atoms with Gasteiger partial charge in [0.05, 0.1) is 11.3 Å². The van der Waals surface area contributed by atoms with Crippen molar-refractivity contribution in [2.24, 2.45) is 5.73 Å². The molecule has 11 heteroatoms. The topological polar surface area (TPSA) is 145 Å². The number of primary amides is 1. The lowest BCUT2D eigenvalue weighted by atomic mass is 10.0. The Morgan fingerprint density at radius 1 is 1.03 bits per heavy atom. The zero-order valence-electron chi connectivity index (χ0n) is 19.3. The number of nitrogens with one attached hydrogen (secondary N) is 2. The minimum absolute atomic E-state index is 0.229. The first-order valence-electron chi connectivity index (χ1n) is 11.0. The number of nitrogens with two attached hydrogens (primary N) is 1. The molecule has 0 bridgehead atoms. The second kappa shape index (κ2) is 11.6. The quantitative estimate of drug-likeness (QED) is 0.323. The van der Waals surface area contributed by atoms with Crippen LogP contribution in [0.25, 0.3) is 5.69 Å². The Labute approximate surface area is 216 Å². The van der Waals surface area contributed by atoms with Gasteiger partial charge in [-0.25, -0.2) is 0 Å². The van der Waals surface area contributed by atoms with Crippen LogP contribution in [0.2, 0.25) is 5.02 Å². The van der Waals surface area contributed by atoms with E-state index < -0.39 is 23.8 Å².